The van der Waals surface area contributed by atoms with Crippen LogP contribution in [0.4, 0.5) is 0 Å². The number of rotatable bonds is 5. The quantitative estimate of drug-likeness (QED) is 0.716. The third kappa shape index (κ3) is 2.12. The molecule has 0 saturated carbocycles. The Balaban J connectivity index is 3.00. The van der Waals surface area contributed by atoms with Crippen LogP contribution in [0.3, 0.4) is 0 Å². The number of hydrogen-bond donors (Lipinski definition) is 2. The van der Waals surface area contributed by atoms with Gasteiger partial charge in [-0.1, -0.05) is 0 Å². The summed E-state index contributed by atoms with van der Waals surface area (Å²) in [5.74, 6) is -0.978. The monoisotopic (exact) mass is 199 g/mol. The molecule has 0 fully saturated rings. The van der Waals surface area contributed by atoms with E-state index in [1.807, 2.05) is 0 Å². The predicted octanol–water partition coefficient (Wildman–Crippen LogP) is 0.325. The summed E-state index contributed by atoms with van der Waals surface area (Å²) in [4.78, 5) is 10.8. The minimum Gasteiger partial charge on any atom is -0.478 e. The fraction of sp³-hybridized carbons (Fsp3) is 0.444. The smallest absolute Gasteiger partial charge is 0.337 e. The van der Waals surface area contributed by atoms with Crippen LogP contribution in [0.25, 0.3) is 0 Å². The Morgan fingerprint density at radius 3 is 2.86 bits per heavy atom. The zero-order chi connectivity index (χ0) is 10.6. The predicted molar refractivity (Wildman–Crippen MR) is 49.2 cm³/mol. The summed E-state index contributed by atoms with van der Waals surface area (Å²) >= 11 is 0. The van der Waals surface area contributed by atoms with Gasteiger partial charge in [0, 0.05) is 19.9 Å². The molecule has 0 unspecified atom stereocenters. The van der Waals surface area contributed by atoms with Gasteiger partial charge in [-0.3, -0.25) is 0 Å². The van der Waals surface area contributed by atoms with Crippen LogP contribution < -0.4 is 0 Å². The molecule has 1 aromatic rings. The number of hydrogen-bond acceptors (Lipinski definition) is 3. The Labute approximate surface area is 81.5 Å². The Morgan fingerprint density at radius 2 is 2.36 bits per heavy atom. The molecular formula is C9H13NO4. The Morgan fingerprint density at radius 1 is 1.64 bits per heavy atom. The molecule has 5 nitrogen and oxygen atoms in total. The van der Waals surface area contributed by atoms with Crippen molar-refractivity contribution in [1.82, 2.24) is 4.57 Å². The van der Waals surface area contributed by atoms with E-state index in [2.05, 4.69) is 0 Å². The van der Waals surface area contributed by atoms with Gasteiger partial charge in [0.1, 0.15) is 0 Å². The van der Waals surface area contributed by atoms with Crippen LogP contribution in [0.5, 0.6) is 0 Å². The van der Waals surface area contributed by atoms with Crippen molar-refractivity contribution in [2.75, 3.05) is 13.7 Å². The van der Waals surface area contributed by atoms with Crippen molar-refractivity contribution in [3.8, 4) is 0 Å². The summed E-state index contributed by atoms with van der Waals surface area (Å²) in [5.41, 5.74) is 0.800. The van der Waals surface area contributed by atoms with Gasteiger partial charge in [0.15, 0.2) is 0 Å². The van der Waals surface area contributed by atoms with Crippen molar-refractivity contribution >= 4 is 5.97 Å². The summed E-state index contributed by atoms with van der Waals surface area (Å²) in [7, 11) is 1.50. The number of aliphatic hydroxyl groups excluding tert-OH is 1. The number of aliphatic hydroxyl groups is 1. The molecular weight excluding hydrogens is 186 g/mol. The molecule has 0 aliphatic rings. The fourth-order valence-electron chi connectivity index (χ4n) is 1.31. The molecule has 5 heteroatoms. The number of aromatic carboxylic acids is 1. The molecule has 0 aliphatic carbocycles. The van der Waals surface area contributed by atoms with Gasteiger partial charge in [-0.25, -0.2) is 4.79 Å². The lowest BCUT2D eigenvalue weighted by Gasteiger charge is -2.07. The van der Waals surface area contributed by atoms with Gasteiger partial charge in [0.05, 0.1) is 24.5 Å². The standard InChI is InChI=1S/C9H13NO4/c1-14-6-8-7(9(12)13)2-3-10(8)4-5-11/h2-3,11H,4-6H2,1H3,(H,12,13). The summed E-state index contributed by atoms with van der Waals surface area (Å²) in [6.45, 7) is 0.588. The summed E-state index contributed by atoms with van der Waals surface area (Å²) < 4.78 is 6.57. The number of carboxylic acid groups (broad SMARTS) is 1. The average molecular weight is 199 g/mol. The van der Waals surface area contributed by atoms with Crippen LogP contribution >= 0.6 is 0 Å². The number of nitrogens with zero attached hydrogens (tertiary/aromatic N) is 1. The van der Waals surface area contributed by atoms with Crippen LogP contribution in [0, 0.1) is 0 Å². The van der Waals surface area contributed by atoms with E-state index in [1.165, 1.54) is 13.2 Å². The molecule has 0 amide bonds. The molecule has 0 saturated heterocycles. The van der Waals surface area contributed by atoms with E-state index in [0.29, 0.717) is 12.2 Å². The maximum atomic E-state index is 10.8. The third-order valence-corrected chi connectivity index (χ3v) is 1.93. The largest absolute Gasteiger partial charge is 0.478 e. The minimum atomic E-state index is -0.978. The summed E-state index contributed by atoms with van der Waals surface area (Å²) in [6, 6.07) is 1.51. The average Bonchev–Trinajstić information content (AvgIpc) is 2.50. The first kappa shape index (κ1) is 10.7. The SMILES string of the molecule is COCc1c(C(=O)O)ccn1CCO. The number of aromatic nitrogens is 1. The first-order chi connectivity index (χ1) is 6.70. The number of carboxylic acids is 1. The van der Waals surface area contributed by atoms with Gasteiger partial charge >= 0.3 is 5.97 Å². The van der Waals surface area contributed by atoms with Crippen molar-refractivity contribution in [3.05, 3.63) is 23.5 Å². The van der Waals surface area contributed by atoms with Gasteiger partial charge in [-0.05, 0) is 6.07 Å². The van der Waals surface area contributed by atoms with Gasteiger partial charge in [0.2, 0.25) is 0 Å². The molecule has 0 spiro atoms. The summed E-state index contributed by atoms with van der Waals surface area (Å²) in [6.07, 6.45) is 1.63. The van der Waals surface area contributed by atoms with Crippen molar-refractivity contribution < 1.29 is 19.7 Å². The topological polar surface area (TPSA) is 71.7 Å². The van der Waals surface area contributed by atoms with Gasteiger partial charge < -0.3 is 19.5 Å². The maximum Gasteiger partial charge on any atom is 0.337 e. The highest BCUT2D eigenvalue weighted by atomic mass is 16.5. The number of ether oxygens (including phenoxy) is 1. The molecule has 14 heavy (non-hydrogen) atoms. The van der Waals surface area contributed by atoms with E-state index >= 15 is 0 Å². The lowest BCUT2D eigenvalue weighted by molar-refractivity contribution is 0.0690. The van der Waals surface area contributed by atoms with Crippen LogP contribution in [0.1, 0.15) is 16.1 Å². The Kier molecular flexibility index (Phi) is 3.67. The lowest BCUT2D eigenvalue weighted by atomic mass is 10.2. The van der Waals surface area contributed by atoms with E-state index in [9.17, 15) is 4.79 Å². The van der Waals surface area contributed by atoms with E-state index in [0.717, 1.165) is 0 Å². The number of carbonyl (C=O) groups is 1. The molecule has 1 heterocycles. The molecule has 1 aromatic heterocycles. The second kappa shape index (κ2) is 4.78. The van der Waals surface area contributed by atoms with E-state index < -0.39 is 5.97 Å². The van der Waals surface area contributed by atoms with Crippen LogP contribution in [0.15, 0.2) is 12.3 Å². The molecule has 0 radical (unpaired) electrons. The van der Waals surface area contributed by atoms with Crippen LogP contribution in [0.2, 0.25) is 0 Å². The maximum absolute atomic E-state index is 10.8. The Bertz CT molecular complexity index is 319. The highest BCUT2D eigenvalue weighted by Crippen LogP contribution is 2.12. The molecule has 0 aliphatic heterocycles. The molecule has 0 aromatic carbocycles. The van der Waals surface area contributed by atoms with E-state index in [4.69, 9.17) is 14.9 Å². The van der Waals surface area contributed by atoms with Crippen LogP contribution in [-0.2, 0) is 17.9 Å². The Hall–Kier alpha value is -1.33. The molecule has 0 atom stereocenters. The zero-order valence-electron chi connectivity index (χ0n) is 7.93. The van der Waals surface area contributed by atoms with Gasteiger partial charge in [-0.2, -0.15) is 0 Å². The van der Waals surface area contributed by atoms with Gasteiger partial charge in [-0.15, -0.1) is 0 Å². The molecule has 1 rings (SSSR count). The first-order valence-corrected chi connectivity index (χ1v) is 4.21. The van der Waals surface area contributed by atoms with Crippen molar-refractivity contribution in [2.45, 2.75) is 13.2 Å². The number of methoxy groups -OCH3 is 1. The third-order valence-electron chi connectivity index (χ3n) is 1.93. The second-order valence-electron chi connectivity index (χ2n) is 2.83. The lowest BCUT2D eigenvalue weighted by Crippen LogP contribution is -2.09. The normalized spacial score (nSPS) is 10.4. The second-order valence-corrected chi connectivity index (χ2v) is 2.83. The fourth-order valence-corrected chi connectivity index (χ4v) is 1.31. The highest BCUT2D eigenvalue weighted by Gasteiger charge is 2.14. The van der Waals surface area contributed by atoms with Crippen molar-refractivity contribution in [3.63, 3.8) is 0 Å². The van der Waals surface area contributed by atoms with Crippen molar-refractivity contribution in [1.29, 1.82) is 0 Å². The van der Waals surface area contributed by atoms with Crippen LogP contribution in [-0.4, -0.2) is 34.5 Å². The highest BCUT2D eigenvalue weighted by molar-refractivity contribution is 5.89. The minimum absolute atomic E-state index is 0.0234. The van der Waals surface area contributed by atoms with E-state index in [1.54, 1.807) is 10.8 Å². The molecule has 78 valence electrons. The first-order valence-electron chi connectivity index (χ1n) is 4.21. The van der Waals surface area contributed by atoms with Crippen molar-refractivity contribution in [2.24, 2.45) is 0 Å². The summed E-state index contributed by atoms with van der Waals surface area (Å²) in [5, 5.41) is 17.6. The van der Waals surface area contributed by atoms with Gasteiger partial charge in [0.25, 0.3) is 0 Å². The molecule has 0 bridgehead atoms. The zero-order valence-corrected chi connectivity index (χ0v) is 7.93. The van der Waals surface area contributed by atoms with E-state index in [-0.39, 0.29) is 18.8 Å². The molecule has 2 N–H and O–H groups in total.